The number of nitrogens with one attached hydrogen (secondary N) is 1. The van der Waals surface area contributed by atoms with Crippen LogP contribution in [0.2, 0.25) is 0 Å². The number of ether oxygens (including phenoxy) is 2. The van der Waals surface area contributed by atoms with Crippen LogP contribution < -0.4 is 14.2 Å². The third-order valence-corrected chi connectivity index (χ3v) is 7.70. The highest BCUT2D eigenvalue weighted by Crippen LogP contribution is 2.28. The second-order valence-electron chi connectivity index (χ2n) is 8.53. The highest BCUT2D eigenvalue weighted by atomic mass is 32.2. The van der Waals surface area contributed by atoms with Crippen LogP contribution in [0.5, 0.6) is 11.5 Å². The smallest absolute Gasteiger partial charge is 0.322 e. The van der Waals surface area contributed by atoms with Crippen molar-refractivity contribution in [3.63, 3.8) is 0 Å². The van der Waals surface area contributed by atoms with Gasteiger partial charge < -0.3 is 14.6 Å². The number of thioether (sulfide) groups is 1. The van der Waals surface area contributed by atoms with E-state index in [0.717, 1.165) is 25.7 Å². The van der Waals surface area contributed by atoms with Gasteiger partial charge >= 0.3 is 5.97 Å². The molecule has 0 saturated carbocycles. The lowest BCUT2D eigenvalue weighted by Gasteiger charge is -2.16. The zero-order valence-electron chi connectivity index (χ0n) is 21.6. The van der Waals surface area contributed by atoms with Gasteiger partial charge in [0.05, 0.1) is 14.2 Å². The van der Waals surface area contributed by atoms with Crippen LogP contribution >= 0.6 is 11.8 Å². The normalized spacial score (nSPS) is 13.3. The highest BCUT2D eigenvalue weighted by molar-refractivity contribution is 7.99. The zero-order valence-corrected chi connectivity index (χ0v) is 23.2. The van der Waals surface area contributed by atoms with E-state index in [9.17, 15) is 18.3 Å². The van der Waals surface area contributed by atoms with Gasteiger partial charge in [-0.15, -0.1) is 0 Å². The van der Waals surface area contributed by atoms with Crippen LogP contribution in [0.3, 0.4) is 0 Å². The molecular formula is C26H39NO6S2. The number of methoxy groups -OCH3 is 2. The van der Waals surface area contributed by atoms with E-state index in [-0.39, 0.29) is 16.4 Å². The molecule has 0 radical (unpaired) electrons. The Hall–Kier alpha value is -2.23. The molecule has 0 saturated heterocycles. The maximum absolute atomic E-state index is 12.8. The number of sulfonamides is 1. The molecule has 1 rings (SSSR count). The monoisotopic (exact) mass is 525 g/mol. The maximum Gasteiger partial charge on any atom is 0.322 e. The maximum atomic E-state index is 12.8. The Kier molecular flexibility index (Phi) is 13.8. The number of hydrogen-bond acceptors (Lipinski definition) is 6. The second kappa shape index (κ2) is 15.7. The first kappa shape index (κ1) is 30.8. The lowest BCUT2D eigenvalue weighted by molar-refractivity contribution is -0.138. The molecule has 1 aromatic carbocycles. The van der Waals surface area contributed by atoms with Crippen molar-refractivity contribution in [3.8, 4) is 11.5 Å². The first-order valence-electron chi connectivity index (χ1n) is 11.5. The molecular weight excluding hydrogens is 486 g/mol. The summed E-state index contributed by atoms with van der Waals surface area (Å²) in [7, 11) is -1.31. The molecule has 0 aromatic heterocycles. The SMILES string of the molecule is COc1ccc(S(=O)(=O)N[C@@H](CSC/C=C(\C)CC/C=C(\C)CCC=C(C)C)C(=O)O)c(OC)c1. The largest absolute Gasteiger partial charge is 0.497 e. The summed E-state index contributed by atoms with van der Waals surface area (Å²) in [5.41, 5.74) is 3.95. The molecule has 1 atom stereocenters. The third kappa shape index (κ3) is 11.8. The van der Waals surface area contributed by atoms with Gasteiger partial charge in [-0.1, -0.05) is 34.9 Å². The van der Waals surface area contributed by atoms with Crippen molar-refractivity contribution in [2.45, 2.75) is 64.3 Å². The average Bonchev–Trinajstić information content (AvgIpc) is 2.80. The van der Waals surface area contributed by atoms with Gasteiger partial charge in [-0.25, -0.2) is 8.42 Å². The van der Waals surface area contributed by atoms with Crippen molar-refractivity contribution >= 4 is 27.8 Å². The molecule has 0 fully saturated rings. The molecule has 7 nitrogen and oxygen atoms in total. The van der Waals surface area contributed by atoms with Crippen LogP contribution in [-0.2, 0) is 14.8 Å². The van der Waals surface area contributed by atoms with E-state index < -0.39 is 22.0 Å². The minimum Gasteiger partial charge on any atom is -0.497 e. The number of carboxylic acids is 1. The molecule has 196 valence electrons. The van der Waals surface area contributed by atoms with Crippen molar-refractivity contribution < 1.29 is 27.8 Å². The molecule has 0 amide bonds. The Morgan fingerprint density at radius 3 is 2.23 bits per heavy atom. The second-order valence-corrected chi connectivity index (χ2v) is 11.3. The molecule has 0 bridgehead atoms. The van der Waals surface area contributed by atoms with Crippen molar-refractivity contribution in [3.05, 3.63) is 53.1 Å². The molecule has 0 heterocycles. The lowest BCUT2D eigenvalue weighted by atomic mass is 10.1. The number of benzene rings is 1. The Morgan fingerprint density at radius 1 is 1.03 bits per heavy atom. The van der Waals surface area contributed by atoms with Crippen LogP contribution in [0.25, 0.3) is 0 Å². The summed E-state index contributed by atoms with van der Waals surface area (Å²) in [6, 6.07) is 2.98. The highest BCUT2D eigenvalue weighted by Gasteiger charge is 2.27. The predicted molar refractivity (Wildman–Crippen MR) is 144 cm³/mol. The van der Waals surface area contributed by atoms with Gasteiger partial charge in [0, 0.05) is 17.6 Å². The summed E-state index contributed by atoms with van der Waals surface area (Å²) in [5.74, 6) is -0.0220. The molecule has 0 spiro atoms. The topological polar surface area (TPSA) is 102 Å². The number of aliphatic carboxylic acids is 1. The summed E-state index contributed by atoms with van der Waals surface area (Å²) in [6.07, 6.45) is 10.6. The number of carbonyl (C=O) groups is 1. The van der Waals surface area contributed by atoms with Crippen LogP contribution in [0.4, 0.5) is 0 Å². The quantitative estimate of drug-likeness (QED) is 0.214. The summed E-state index contributed by atoms with van der Waals surface area (Å²) < 4.78 is 38.1. The summed E-state index contributed by atoms with van der Waals surface area (Å²) >= 11 is 1.37. The van der Waals surface area contributed by atoms with Crippen molar-refractivity contribution in [2.24, 2.45) is 0 Å². The van der Waals surface area contributed by atoms with E-state index in [2.05, 4.69) is 50.6 Å². The van der Waals surface area contributed by atoms with Crippen molar-refractivity contribution in [2.75, 3.05) is 25.7 Å². The fourth-order valence-corrected chi connectivity index (χ4v) is 5.57. The van der Waals surface area contributed by atoms with Crippen LogP contribution in [0.15, 0.2) is 58.0 Å². The van der Waals surface area contributed by atoms with Gasteiger partial charge in [0.15, 0.2) is 0 Å². The summed E-state index contributed by atoms with van der Waals surface area (Å²) in [5, 5.41) is 9.54. The van der Waals surface area contributed by atoms with E-state index in [1.165, 1.54) is 60.9 Å². The first-order valence-corrected chi connectivity index (χ1v) is 14.1. The van der Waals surface area contributed by atoms with Gasteiger partial charge in [-0.3, -0.25) is 4.79 Å². The van der Waals surface area contributed by atoms with Crippen LogP contribution in [0.1, 0.15) is 53.4 Å². The van der Waals surface area contributed by atoms with E-state index >= 15 is 0 Å². The Morgan fingerprint density at radius 2 is 1.66 bits per heavy atom. The first-order chi connectivity index (χ1) is 16.5. The molecule has 0 aliphatic carbocycles. The zero-order chi connectivity index (χ0) is 26.4. The van der Waals surface area contributed by atoms with Crippen LogP contribution in [0, 0.1) is 0 Å². The molecule has 2 N–H and O–H groups in total. The molecule has 0 aliphatic rings. The van der Waals surface area contributed by atoms with Gasteiger partial charge in [0.25, 0.3) is 0 Å². The minimum atomic E-state index is -4.11. The minimum absolute atomic E-state index is 0.0772. The predicted octanol–water partition coefficient (Wildman–Crippen LogP) is 5.59. The third-order valence-electron chi connectivity index (χ3n) is 5.21. The Bertz CT molecular complexity index is 1020. The summed E-state index contributed by atoms with van der Waals surface area (Å²) in [6.45, 7) is 8.43. The van der Waals surface area contributed by atoms with Crippen molar-refractivity contribution in [1.29, 1.82) is 0 Å². The summed E-state index contributed by atoms with van der Waals surface area (Å²) in [4.78, 5) is 11.6. The molecule has 35 heavy (non-hydrogen) atoms. The lowest BCUT2D eigenvalue weighted by Crippen LogP contribution is -2.42. The van der Waals surface area contributed by atoms with Gasteiger partial charge in [0.2, 0.25) is 10.0 Å². The number of allylic oxidation sites excluding steroid dienone is 5. The van der Waals surface area contributed by atoms with Crippen molar-refractivity contribution in [1.82, 2.24) is 4.72 Å². The number of carboxylic acid groups (broad SMARTS) is 1. The molecule has 1 aromatic rings. The van der Waals surface area contributed by atoms with Gasteiger partial charge in [-0.05, 0) is 65.5 Å². The van der Waals surface area contributed by atoms with E-state index in [0.29, 0.717) is 11.5 Å². The molecule has 0 aliphatic heterocycles. The van der Waals surface area contributed by atoms with Gasteiger partial charge in [-0.2, -0.15) is 16.5 Å². The van der Waals surface area contributed by atoms with Crippen LogP contribution in [-0.4, -0.2) is 51.3 Å². The van der Waals surface area contributed by atoms with Gasteiger partial charge in [0.1, 0.15) is 22.4 Å². The number of hydrogen-bond donors (Lipinski definition) is 2. The fourth-order valence-electron chi connectivity index (χ4n) is 3.13. The average molecular weight is 526 g/mol. The number of rotatable bonds is 16. The van der Waals surface area contributed by atoms with E-state index in [1.54, 1.807) is 0 Å². The fraction of sp³-hybridized carbons (Fsp3) is 0.500. The Labute approximate surface area is 214 Å². The van der Waals surface area contributed by atoms with E-state index in [4.69, 9.17) is 9.47 Å². The Balaban J connectivity index is 2.62. The van der Waals surface area contributed by atoms with E-state index in [1.807, 2.05) is 0 Å². The molecule has 9 heteroatoms. The molecule has 0 unspecified atom stereocenters. The standard InChI is InChI=1S/C26H39NO6S2/c1-19(2)9-7-10-20(3)11-8-12-21(4)15-16-34-18-23(26(28)29)27-35(30,31)25-14-13-22(32-5)17-24(25)33-6/h9,11,13-15,17,23,27H,7-8,10,12,16,18H2,1-6H3,(H,28,29)/b20-11+,21-15+/t23-/m0/s1.